The third-order valence-electron chi connectivity index (χ3n) is 6.00. The lowest BCUT2D eigenvalue weighted by Gasteiger charge is -2.27. The summed E-state index contributed by atoms with van der Waals surface area (Å²) in [5, 5.41) is 1.70. The molecule has 0 atom stereocenters. The number of hydrogen-bond donors (Lipinski definition) is 3. The topological polar surface area (TPSA) is 90.5 Å². The van der Waals surface area contributed by atoms with Gasteiger partial charge in [0.05, 0.1) is 11.9 Å². The van der Waals surface area contributed by atoms with Gasteiger partial charge < -0.3 is 21.2 Å². The molecule has 5 nitrogen and oxygen atoms in total. The van der Waals surface area contributed by atoms with Crippen LogP contribution in [0.3, 0.4) is 0 Å². The Kier molecular flexibility index (Phi) is 15.6. The summed E-state index contributed by atoms with van der Waals surface area (Å²) in [6, 6.07) is 0. The fourth-order valence-corrected chi connectivity index (χ4v) is 3.92. The van der Waals surface area contributed by atoms with Gasteiger partial charge in [-0.05, 0) is 69.9 Å². The normalized spacial score (nSPS) is 14.2. The van der Waals surface area contributed by atoms with E-state index >= 15 is 0 Å². The van der Waals surface area contributed by atoms with E-state index in [0.29, 0.717) is 19.1 Å². The van der Waals surface area contributed by atoms with Crippen LogP contribution in [0.4, 0.5) is 0 Å². The molecule has 0 aromatic heterocycles. The predicted octanol–water partition coefficient (Wildman–Crippen LogP) is 5.86. The molecule has 1 aliphatic rings. The summed E-state index contributed by atoms with van der Waals surface area (Å²) < 4.78 is 6.66. The van der Waals surface area contributed by atoms with E-state index in [1.54, 1.807) is 10.6 Å². The number of hydrogen-bond acceptors (Lipinski definition) is 5. The molecular formula is C25H50N4O. The van der Waals surface area contributed by atoms with Crippen LogP contribution in [0.5, 0.6) is 0 Å². The first kappa shape index (κ1) is 26.8. The lowest BCUT2D eigenvalue weighted by molar-refractivity contribution is 0.0837. The molecule has 176 valence electrons. The molecule has 0 amide bonds. The van der Waals surface area contributed by atoms with Gasteiger partial charge in [-0.25, -0.2) is 5.84 Å². The molecule has 0 unspecified atom stereocenters. The minimum atomic E-state index is 0.418. The highest BCUT2D eigenvalue weighted by molar-refractivity contribution is 5.15. The molecule has 5 heteroatoms. The number of rotatable bonds is 19. The molecule has 0 heterocycles. The van der Waals surface area contributed by atoms with Crippen molar-refractivity contribution >= 4 is 0 Å². The zero-order valence-electron chi connectivity index (χ0n) is 20.0. The first-order valence-electron chi connectivity index (χ1n) is 12.7. The van der Waals surface area contributed by atoms with Crippen molar-refractivity contribution in [3.63, 3.8) is 0 Å². The lowest BCUT2D eigenvalue weighted by atomic mass is 9.89. The Morgan fingerprint density at radius 2 is 1.63 bits per heavy atom. The largest absolute Gasteiger partial charge is 0.495 e. The van der Waals surface area contributed by atoms with Gasteiger partial charge in [-0.1, -0.05) is 46.0 Å². The summed E-state index contributed by atoms with van der Waals surface area (Å²) in [5.41, 5.74) is 13.7. The third-order valence-corrected chi connectivity index (χ3v) is 6.00. The average molecular weight is 423 g/mol. The molecule has 1 rings (SSSR count). The van der Waals surface area contributed by atoms with Gasteiger partial charge >= 0.3 is 0 Å². The molecule has 1 fully saturated rings. The van der Waals surface area contributed by atoms with Gasteiger partial charge in [0.2, 0.25) is 0 Å². The van der Waals surface area contributed by atoms with Crippen LogP contribution in [0, 0.1) is 0 Å². The minimum Gasteiger partial charge on any atom is -0.495 e. The zero-order valence-corrected chi connectivity index (χ0v) is 20.0. The van der Waals surface area contributed by atoms with E-state index in [1.165, 1.54) is 82.8 Å². The predicted molar refractivity (Wildman–Crippen MR) is 129 cm³/mol. The van der Waals surface area contributed by atoms with Gasteiger partial charge in [-0.15, -0.1) is 0 Å². The van der Waals surface area contributed by atoms with Gasteiger partial charge in [0.1, 0.15) is 0 Å². The molecule has 1 saturated carbocycles. The summed E-state index contributed by atoms with van der Waals surface area (Å²) in [5.74, 6) is 7.34. The lowest BCUT2D eigenvalue weighted by Crippen LogP contribution is -2.28. The monoisotopic (exact) mass is 422 g/mol. The second-order valence-corrected chi connectivity index (χ2v) is 8.90. The second kappa shape index (κ2) is 17.5. The third kappa shape index (κ3) is 12.5. The molecule has 0 aromatic carbocycles. The quantitative estimate of drug-likeness (QED) is 0.105. The fourth-order valence-electron chi connectivity index (χ4n) is 3.92. The van der Waals surface area contributed by atoms with Crippen LogP contribution in [-0.4, -0.2) is 24.2 Å². The van der Waals surface area contributed by atoms with Crippen LogP contribution in [-0.2, 0) is 4.74 Å². The Morgan fingerprint density at radius 3 is 2.17 bits per heavy atom. The van der Waals surface area contributed by atoms with Crippen LogP contribution in [0.15, 0.2) is 23.2 Å². The second-order valence-electron chi connectivity index (χ2n) is 8.90. The maximum Gasteiger partial charge on any atom is 0.0982 e. The summed E-state index contributed by atoms with van der Waals surface area (Å²) in [4.78, 5) is 0. The van der Waals surface area contributed by atoms with Crippen molar-refractivity contribution < 1.29 is 4.74 Å². The smallest absolute Gasteiger partial charge is 0.0982 e. The van der Waals surface area contributed by atoms with Crippen LogP contribution >= 0.6 is 0 Å². The number of nitrogens with zero attached hydrogens (tertiary/aromatic N) is 1. The van der Waals surface area contributed by atoms with Crippen LogP contribution in [0.1, 0.15) is 117 Å². The Balaban J connectivity index is 2.42. The van der Waals surface area contributed by atoms with Gasteiger partial charge in [0.25, 0.3) is 0 Å². The van der Waals surface area contributed by atoms with Gasteiger partial charge in [0.15, 0.2) is 0 Å². The number of hydrazine groups is 1. The molecule has 6 N–H and O–H groups in total. The van der Waals surface area contributed by atoms with Crippen LogP contribution in [0.25, 0.3) is 0 Å². The fraction of sp³-hybridized carbons (Fsp3) is 0.840. The van der Waals surface area contributed by atoms with Gasteiger partial charge in [-0.3, -0.25) is 0 Å². The van der Waals surface area contributed by atoms with Gasteiger partial charge in [-0.2, -0.15) is 0 Å². The number of nitrogens with two attached hydrogens (primary N) is 3. The Morgan fingerprint density at radius 1 is 0.967 bits per heavy atom. The Hall–Kier alpha value is -1.20. The maximum absolute atomic E-state index is 6.66. The molecule has 30 heavy (non-hydrogen) atoms. The zero-order chi connectivity index (χ0) is 22.0. The van der Waals surface area contributed by atoms with Crippen molar-refractivity contribution in [1.82, 2.24) is 5.01 Å². The Bertz CT molecular complexity index is 474. The molecule has 0 spiro atoms. The van der Waals surface area contributed by atoms with Crippen molar-refractivity contribution in [3.8, 4) is 0 Å². The van der Waals surface area contributed by atoms with Crippen molar-refractivity contribution in [2.75, 3.05) is 13.1 Å². The first-order chi connectivity index (χ1) is 14.6. The molecule has 1 aliphatic carbocycles. The number of unbranched alkanes of at least 4 members (excludes halogenated alkanes) is 6. The molecular weight excluding hydrogens is 372 g/mol. The molecule has 0 aromatic rings. The molecule has 0 aliphatic heterocycles. The van der Waals surface area contributed by atoms with Crippen molar-refractivity contribution in [2.45, 2.75) is 123 Å². The van der Waals surface area contributed by atoms with E-state index in [9.17, 15) is 0 Å². The maximum atomic E-state index is 6.66. The summed E-state index contributed by atoms with van der Waals surface area (Å²) in [7, 11) is 0. The van der Waals surface area contributed by atoms with E-state index < -0.39 is 0 Å². The first-order valence-corrected chi connectivity index (χ1v) is 12.7. The number of ether oxygens (including phenoxy) is 1. The summed E-state index contributed by atoms with van der Waals surface area (Å²) in [6.45, 7) is 5.94. The van der Waals surface area contributed by atoms with Crippen LogP contribution in [0.2, 0.25) is 0 Å². The molecule has 0 bridgehead atoms. The summed E-state index contributed by atoms with van der Waals surface area (Å²) >= 11 is 0. The minimum absolute atomic E-state index is 0.418. The van der Waals surface area contributed by atoms with E-state index in [0.717, 1.165) is 31.5 Å². The molecule has 0 saturated heterocycles. The van der Waals surface area contributed by atoms with E-state index in [1.807, 2.05) is 6.20 Å². The van der Waals surface area contributed by atoms with E-state index in [4.69, 9.17) is 22.0 Å². The Labute approximate surface area is 186 Å². The van der Waals surface area contributed by atoms with Crippen molar-refractivity contribution in [3.05, 3.63) is 23.2 Å². The average Bonchev–Trinajstić information content (AvgIpc) is 2.66. The van der Waals surface area contributed by atoms with E-state index in [2.05, 4.69) is 13.8 Å². The highest BCUT2D eigenvalue weighted by atomic mass is 16.5. The van der Waals surface area contributed by atoms with Crippen LogP contribution < -0.4 is 17.3 Å². The van der Waals surface area contributed by atoms with E-state index in [-0.39, 0.29) is 0 Å². The number of allylic oxidation sites excluding steroid dienone is 2. The highest BCUT2D eigenvalue weighted by Gasteiger charge is 2.19. The van der Waals surface area contributed by atoms with Crippen molar-refractivity contribution in [1.29, 1.82) is 0 Å². The molecule has 0 radical (unpaired) electrons. The SMILES string of the molecule is CCCCCC(CCCCC)OC(CCCCCN(N)/C=C(\N)CCN)=C1CCC1. The highest BCUT2D eigenvalue weighted by Crippen LogP contribution is 2.33. The standard InChI is InChI=1S/C25H50N4O/c1-3-5-8-15-24(16-9-6-4-2)30-25(22-13-12-14-22)17-10-7-11-20-29(28)21-23(27)18-19-26/h21,24H,3-20,26-28H2,1-2H3/b23-21-. The van der Waals surface area contributed by atoms with Gasteiger partial charge in [0, 0.05) is 31.3 Å². The van der Waals surface area contributed by atoms with Crippen molar-refractivity contribution in [2.24, 2.45) is 17.3 Å². The summed E-state index contributed by atoms with van der Waals surface area (Å²) in [6.07, 6.45) is 21.5.